The number of aliphatic hydroxyl groups excluding tert-OH is 1. The Labute approximate surface area is 142 Å². The standard InChI is InChI=1S/C16H18N2O5S/c1-9(19)14(16(21)18-22)17-15(20)13-7-6-12(24-13)10-4-3-5-11(8-10)23-2/h3-9,14,19,22H,1-2H3,(H,17,20)(H,18,21)/t9-,14+/m1/s1. The monoisotopic (exact) mass is 350 g/mol. The lowest BCUT2D eigenvalue weighted by Crippen LogP contribution is -2.51. The lowest BCUT2D eigenvalue weighted by Gasteiger charge is -2.18. The van der Waals surface area contributed by atoms with Crippen molar-refractivity contribution in [2.45, 2.75) is 19.1 Å². The number of thiophene rings is 1. The van der Waals surface area contributed by atoms with Gasteiger partial charge < -0.3 is 15.2 Å². The quantitative estimate of drug-likeness (QED) is 0.465. The van der Waals surface area contributed by atoms with E-state index in [1.54, 1.807) is 19.2 Å². The first-order valence-electron chi connectivity index (χ1n) is 7.13. The van der Waals surface area contributed by atoms with Crippen LogP contribution in [0.4, 0.5) is 0 Å². The zero-order valence-corrected chi connectivity index (χ0v) is 14.0. The zero-order valence-electron chi connectivity index (χ0n) is 13.1. The van der Waals surface area contributed by atoms with Crippen molar-refractivity contribution in [3.8, 4) is 16.2 Å². The molecule has 0 aliphatic heterocycles. The molecule has 8 heteroatoms. The van der Waals surface area contributed by atoms with E-state index in [4.69, 9.17) is 9.94 Å². The summed E-state index contributed by atoms with van der Waals surface area (Å²) in [4.78, 5) is 25.0. The number of ether oxygens (including phenoxy) is 1. The SMILES string of the molecule is COc1cccc(-c2ccc(C(=O)N[C@H](C(=O)NO)[C@@H](C)O)s2)c1. The minimum atomic E-state index is -1.25. The molecule has 0 aliphatic carbocycles. The summed E-state index contributed by atoms with van der Waals surface area (Å²) in [6.07, 6.45) is -1.15. The third-order valence-corrected chi connectivity index (χ3v) is 4.48. The Morgan fingerprint density at radius 1 is 1.25 bits per heavy atom. The zero-order chi connectivity index (χ0) is 17.7. The van der Waals surface area contributed by atoms with E-state index in [1.165, 1.54) is 23.7 Å². The average molecular weight is 350 g/mol. The molecule has 2 atom stereocenters. The van der Waals surface area contributed by atoms with Gasteiger partial charge in [-0.3, -0.25) is 14.8 Å². The number of carbonyl (C=O) groups is 2. The molecular weight excluding hydrogens is 332 g/mol. The Hall–Kier alpha value is -2.42. The fraction of sp³-hybridized carbons (Fsp3) is 0.250. The van der Waals surface area contributed by atoms with Gasteiger partial charge in [-0.2, -0.15) is 0 Å². The summed E-state index contributed by atoms with van der Waals surface area (Å²) < 4.78 is 5.18. The maximum Gasteiger partial charge on any atom is 0.268 e. The van der Waals surface area contributed by atoms with E-state index < -0.39 is 24.0 Å². The number of nitrogens with one attached hydrogen (secondary N) is 2. The van der Waals surface area contributed by atoms with Gasteiger partial charge in [0.2, 0.25) is 0 Å². The van der Waals surface area contributed by atoms with Crippen molar-refractivity contribution in [1.29, 1.82) is 0 Å². The minimum Gasteiger partial charge on any atom is -0.497 e. The van der Waals surface area contributed by atoms with Gasteiger partial charge in [0.25, 0.3) is 11.8 Å². The van der Waals surface area contributed by atoms with Crippen molar-refractivity contribution >= 4 is 23.2 Å². The molecule has 0 aliphatic rings. The number of aliphatic hydroxyl groups is 1. The van der Waals surface area contributed by atoms with E-state index >= 15 is 0 Å². The van der Waals surface area contributed by atoms with Gasteiger partial charge in [-0.15, -0.1) is 11.3 Å². The summed E-state index contributed by atoms with van der Waals surface area (Å²) in [5.74, 6) is -0.688. The third-order valence-electron chi connectivity index (χ3n) is 3.35. The lowest BCUT2D eigenvalue weighted by atomic mass is 10.1. The van der Waals surface area contributed by atoms with Gasteiger partial charge >= 0.3 is 0 Å². The molecule has 1 aromatic carbocycles. The molecule has 7 nitrogen and oxygen atoms in total. The van der Waals surface area contributed by atoms with E-state index in [9.17, 15) is 14.7 Å². The number of hydrogen-bond acceptors (Lipinski definition) is 6. The first-order valence-corrected chi connectivity index (χ1v) is 7.95. The predicted molar refractivity (Wildman–Crippen MR) is 89.2 cm³/mol. The molecule has 0 unspecified atom stereocenters. The van der Waals surface area contributed by atoms with Crippen molar-refractivity contribution in [3.63, 3.8) is 0 Å². The highest BCUT2D eigenvalue weighted by molar-refractivity contribution is 7.17. The molecule has 0 saturated heterocycles. The highest BCUT2D eigenvalue weighted by atomic mass is 32.1. The van der Waals surface area contributed by atoms with Crippen LogP contribution in [-0.2, 0) is 4.79 Å². The normalized spacial score (nSPS) is 13.0. The molecule has 2 rings (SSSR count). The number of methoxy groups -OCH3 is 1. The lowest BCUT2D eigenvalue weighted by molar-refractivity contribution is -0.133. The van der Waals surface area contributed by atoms with Gasteiger partial charge in [-0.25, -0.2) is 5.48 Å². The van der Waals surface area contributed by atoms with E-state index in [-0.39, 0.29) is 0 Å². The minimum absolute atomic E-state index is 0.379. The molecule has 0 bridgehead atoms. The molecule has 0 fully saturated rings. The summed E-state index contributed by atoms with van der Waals surface area (Å²) in [6, 6.07) is 9.60. The first-order chi connectivity index (χ1) is 11.5. The second-order valence-corrected chi connectivity index (χ2v) is 6.15. The van der Waals surface area contributed by atoms with Crippen molar-refractivity contribution < 1.29 is 24.6 Å². The number of carbonyl (C=O) groups excluding carboxylic acids is 2. The molecule has 4 N–H and O–H groups in total. The number of hydrogen-bond donors (Lipinski definition) is 4. The van der Waals surface area contributed by atoms with Crippen molar-refractivity contribution in [3.05, 3.63) is 41.3 Å². The molecule has 0 spiro atoms. The average Bonchev–Trinajstić information content (AvgIpc) is 3.08. The first kappa shape index (κ1) is 17.9. The van der Waals surface area contributed by atoms with Crippen LogP contribution in [0.5, 0.6) is 5.75 Å². The van der Waals surface area contributed by atoms with Gasteiger partial charge in [0, 0.05) is 4.88 Å². The summed E-state index contributed by atoms with van der Waals surface area (Å²) in [5.41, 5.74) is 2.32. The molecule has 0 saturated carbocycles. The summed E-state index contributed by atoms with van der Waals surface area (Å²) in [5, 5.41) is 20.6. The maximum absolute atomic E-state index is 12.2. The van der Waals surface area contributed by atoms with Crippen LogP contribution in [0.2, 0.25) is 0 Å². The number of benzene rings is 1. The van der Waals surface area contributed by atoms with Crippen LogP contribution in [-0.4, -0.2) is 41.4 Å². The molecule has 2 aromatic rings. The molecule has 1 heterocycles. The van der Waals surface area contributed by atoms with Crippen molar-refractivity contribution in [1.82, 2.24) is 10.8 Å². The molecule has 24 heavy (non-hydrogen) atoms. The van der Waals surface area contributed by atoms with Crippen LogP contribution >= 0.6 is 11.3 Å². The van der Waals surface area contributed by atoms with Crippen LogP contribution in [0.15, 0.2) is 36.4 Å². The second-order valence-electron chi connectivity index (χ2n) is 5.06. The van der Waals surface area contributed by atoms with Crippen LogP contribution < -0.4 is 15.5 Å². The van der Waals surface area contributed by atoms with E-state index in [0.29, 0.717) is 10.6 Å². The smallest absolute Gasteiger partial charge is 0.268 e. The topological polar surface area (TPSA) is 108 Å². The van der Waals surface area contributed by atoms with Gasteiger partial charge in [0.15, 0.2) is 0 Å². The summed E-state index contributed by atoms with van der Waals surface area (Å²) in [6.45, 7) is 1.34. The Kier molecular flexibility index (Phi) is 5.91. The number of amides is 2. The molecule has 0 radical (unpaired) electrons. The third kappa shape index (κ3) is 4.10. The molecular formula is C16H18N2O5S. The van der Waals surface area contributed by atoms with E-state index in [1.807, 2.05) is 24.3 Å². The van der Waals surface area contributed by atoms with Crippen molar-refractivity contribution in [2.75, 3.05) is 7.11 Å². The van der Waals surface area contributed by atoms with E-state index in [2.05, 4.69) is 5.32 Å². The number of hydroxylamine groups is 1. The predicted octanol–water partition coefficient (Wildman–Crippen LogP) is 1.41. The van der Waals surface area contributed by atoms with Crippen LogP contribution in [0.3, 0.4) is 0 Å². The molecule has 128 valence electrons. The Morgan fingerprint density at radius 3 is 2.62 bits per heavy atom. The van der Waals surface area contributed by atoms with Gasteiger partial charge in [0.05, 0.1) is 18.1 Å². The Balaban J connectivity index is 2.17. The fourth-order valence-electron chi connectivity index (χ4n) is 2.08. The van der Waals surface area contributed by atoms with Crippen LogP contribution in [0.1, 0.15) is 16.6 Å². The Morgan fingerprint density at radius 2 is 2.00 bits per heavy atom. The Bertz CT molecular complexity index is 729. The molecule has 1 aromatic heterocycles. The maximum atomic E-state index is 12.2. The summed E-state index contributed by atoms with van der Waals surface area (Å²) in [7, 11) is 1.58. The van der Waals surface area contributed by atoms with Gasteiger partial charge in [0.1, 0.15) is 11.8 Å². The van der Waals surface area contributed by atoms with Crippen LogP contribution in [0, 0.1) is 0 Å². The highest BCUT2D eigenvalue weighted by Crippen LogP contribution is 2.30. The largest absolute Gasteiger partial charge is 0.497 e. The van der Waals surface area contributed by atoms with Gasteiger partial charge in [-0.05, 0) is 36.8 Å². The number of rotatable bonds is 6. The second kappa shape index (κ2) is 7.91. The van der Waals surface area contributed by atoms with E-state index in [0.717, 1.165) is 10.4 Å². The highest BCUT2D eigenvalue weighted by Gasteiger charge is 2.26. The fourth-order valence-corrected chi connectivity index (χ4v) is 2.98. The summed E-state index contributed by atoms with van der Waals surface area (Å²) >= 11 is 1.24. The van der Waals surface area contributed by atoms with Crippen molar-refractivity contribution in [2.24, 2.45) is 0 Å². The van der Waals surface area contributed by atoms with Crippen LogP contribution in [0.25, 0.3) is 10.4 Å². The van der Waals surface area contributed by atoms with Gasteiger partial charge in [-0.1, -0.05) is 12.1 Å². The molecule has 2 amide bonds.